The van der Waals surface area contributed by atoms with Gasteiger partial charge in [-0.1, -0.05) is 12.1 Å². The number of amides is 1. The van der Waals surface area contributed by atoms with Gasteiger partial charge in [0.15, 0.2) is 9.84 Å². The van der Waals surface area contributed by atoms with E-state index in [9.17, 15) is 17.6 Å². The first-order valence-corrected chi connectivity index (χ1v) is 8.99. The van der Waals surface area contributed by atoms with Crippen LogP contribution in [-0.4, -0.2) is 48.8 Å². The topological polar surface area (TPSA) is 67.3 Å². The summed E-state index contributed by atoms with van der Waals surface area (Å²) in [6.07, 6.45) is 1.49. The zero-order valence-corrected chi connectivity index (χ0v) is 13.1. The maximum absolute atomic E-state index is 13.8. The number of rotatable bonds is 2. The second kappa shape index (κ2) is 6.08. The van der Waals surface area contributed by atoms with Crippen LogP contribution < -0.4 is 0 Å². The fraction of sp³-hybridized carbons (Fsp3) is 0.250. The van der Waals surface area contributed by atoms with Crippen LogP contribution >= 0.6 is 0 Å². The summed E-state index contributed by atoms with van der Waals surface area (Å²) < 4.78 is 36.7. The van der Waals surface area contributed by atoms with Crippen LogP contribution in [0.25, 0.3) is 11.3 Å². The molecule has 0 bridgehead atoms. The first-order valence-electron chi connectivity index (χ1n) is 7.17. The van der Waals surface area contributed by atoms with Crippen molar-refractivity contribution in [3.63, 3.8) is 0 Å². The number of pyridine rings is 1. The summed E-state index contributed by atoms with van der Waals surface area (Å²) in [7, 11) is -3.04. The van der Waals surface area contributed by atoms with Gasteiger partial charge in [-0.25, -0.2) is 12.8 Å². The van der Waals surface area contributed by atoms with Crippen molar-refractivity contribution in [1.82, 2.24) is 9.88 Å². The average molecular weight is 334 g/mol. The quantitative estimate of drug-likeness (QED) is 0.839. The molecule has 1 aliphatic heterocycles. The summed E-state index contributed by atoms with van der Waals surface area (Å²) in [6, 6.07) is 9.38. The third-order valence-electron chi connectivity index (χ3n) is 3.77. The molecular formula is C16H15FN2O3S. The molecule has 1 amide bonds. The molecule has 3 rings (SSSR count). The van der Waals surface area contributed by atoms with E-state index in [0.717, 1.165) is 0 Å². The molecule has 0 N–H and O–H groups in total. The van der Waals surface area contributed by atoms with Crippen LogP contribution in [-0.2, 0) is 9.84 Å². The highest BCUT2D eigenvalue weighted by atomic mass is 32.2. The Hall–Kier alpha value is -2.28. The standard InChI is InChI=1S/C16H15FN2O3S/c17-14-5-2-6-18-15(14)12-3-1-4-13(11-12)16(20)19-7-9-23(21,22)10-8-19/h1-6,11H,7-10H2. The van der Waals surface area contributed by atoms with E-state index >= 15 is 0 Å². The second-order valence-electron chi connectivity index (χ2n) is 5.36. The number of carbonyl (C=O) groups is 1. The largest absolute Gasteiger partial charge is 0.337 e. The van der Waals surface area contributed by atoms with Crippen molar-refractivity contribution < 1.29 is 17.6 Å². The molecule has 2 heterocycles. The Balaban J connectivity index is 1.86. The molecule has 0 spiro atoms. The molecule has 0 radical (unpaired) electrons. The molecule has 0 saturated carbocycles. The zero-order valence-electron chi connectivity index (χ0n) is 12.3. The fourth-order valence-electron chi connectivity index (χ4n) is 2.50. The van der Waals surface area contributed by atoms with E-state index in [-0.39, 0.29) is 36.2 Å². The van der Waals surface area contributed by atoms with Crippen LogP contribution in [0.15, 0.2) is 42.6 Å². The lowest BCUT2D eigenvalue weighted by molar-refractivity contribution is 0.0770. The normalized spacial score (nSPS) is 17.0. The van der Waals surface area contributed by atoms with E-state index in [1.165, 1.54) is 23.2 Å². The van der Waals surface area contributed by atoms with Crippen LogP contribution in [0.2, 0.25) is 0 Å². The molecular weight excluding hydrogens is 319 g/mol. The van der Waals surface area contributed by atoms with Gasteiger partial charge in [0, 0.05) is 30.4 Å². The van der Waals surface area contributed by atoms with Gasteiger partial charge in [0.05, 0.1) is 11.5 Å². The molecule has 1 aromatic carbocycles. The summed E-state index contributed by atoms with van der Waals surface area (Å²) in [4.78, 5) is 18.0. The van der Waals surface area contributed by atoms with Crippen molar-refractivity contribution in [2.45, 2.75) is 0 Å². The molecule has 1 saturated heterocycles. The number of sulfone groups is 1. The Morgan fingerprint density at radius 3 is 2.57 bits per heavy atom. The smallest absolute Gasteiger partial charge is 0.253 e. The molecule has 23 heavy (non-hydrogen) atoms. The third-order valence-corrected chi connectivity index (χ3v) is 5.38. The van der Waals surface area contributed by atoms with Gasteiger partial charge >= 0.3 is 0 Å². The predicted molar refractivity (Wildman–Crippen MR) is 84.2 cm³/mol. The van der Waals surface area contributed by atoms with Crippen molar-refractivity contribution in [2.75, 3.05) is 24.6 Å². The fourth-order valence-corrected chi connectivity index (χ4v) is 3.70. The maximum Gasteiger partial charge on any atom is 0.253 e. The van der Waals surface area contributed by atoms with Crippen LogP contribution in [0.3, 0.4) is 0 Å². The van der Waals surface area contributed by atoms with Crippen LogP contribution in [0.5, 0.6) is 0 Å². The van der Waals surface area contributed by atoms with E-state index in [1.54, 1.807) is 24.3 Å². The third kappa shape index (κ3) is 3.39. The minimum Gasteiger partial charge on any atom is -0.337 e. The lowest BCUT2D eigenvalue weighted by Crippen LogP contribution is -2.43. The second-order valence-corrected chi connectivity index (χ2v) is 7.66. The summed E-state index contributed by atoms with van der Waals surface area (Å²) in [6.45, 7) is 0.368. The van der Waals surface area contributed by atoms with Crippen LogP contribution in [0, 0.1) is 5.82 Å². The van der Waals surface area contributed by atoms with Crippen molar-refractivity contribution in [3.8, 4) is 11.3 Å². The number of hydrogen-bond donors (Lipinski definition) is 0. The molecule has 0 aliphatic carbocycles. The van der Waals surface area contributed by atoms with Crippen LogP contribution in [0.1, 0.15) is 10.4 Å². The highest BCUT2D eigenvalue weighted by Gasteiger charge is 2.25. The van der Waals surface area contributed by atoms with Gasteiger partial charge in [0.1, 0.15) is 11.5 Å². The van der Waals surface area contributed by atoms with E-state index in [4.69, 9.17) is 0 Å². The zero-order chi connectivity index (χ0) is 16.4. The summed E-state index contributed by atoms with van der Waals surface area (Å²) in [5.74, 6) is -0.750. The van der Waals surface area contributed by atoms with Crippen molar-refractivity contribution in [1.29, 1.82) is 0 Å². The molecule has 5 nitrogen and oxygen atoms in total. The SMILES string of the molecule is O=C(c1cccc(-c2ncccc2F)c1)N1CCS(=O)(=O)CC1. The van der Waals surface area contributed by atoms with E-state index < -0.39 is 15.7 Å². The number of carbonyl (C=O) groups excluding carboxylic acids is 1. The Labute approximate surface area is 133 Å². The van der Waals surface area contributed by atoms with Crippen molar-refractivity contribution in [3.05, 3.63) is 54.0 Å². The van der Waals surface area contributed by atoms with E-state index in [1.807, 2.05) is 0 Å². The number of benzene rings is 1. The van der Waals surface area contributed by atoms with Gasteiger partial charge in [-0.05, 0) is 24.3 Å². The molecule has 2 aromatic rings. The van der Waals surface area contributed by atoms with Crippen LogP contribution in [0.4, 0.5) is 4.39 Å². The number of nitrogens with zero attached hydrogens (tertiary/aromatic N) is 2. The molecule has 1 aromatic heterocycles. The molecule has 0 atom stereocenters. The van der Waals surface area contributed by atoms with Crippen molar-refractivity contribution in [2.24, 2.45) is 0 Å². The molecule has 1 fully saturated rings. The number of halogens is 1. The Bertz CT molecular complexity index is 838. The number of hydrogen-bond acceptors (Lipinski definition) is 4. The maximum atomic E-state index is 13.8. The first kappa shape index (κ1) is 15.6. The molecule has 7 heteroatoms. The minimum absolute atomic E-state index is 0.0205. The lowest BCUT2D eigenvalue weighted by Gasteiger charge is -2.26. The molecule has 120 valence electrons. The summed E-state index contributed by atoms with van der Waals surface area (Å²) in [5, 5.41) is 0. The van der Waals surface area contributed by atoms with Gasteiger partial charge in [0.2, 0.25) is 0 Å². The summed E-state index contributed by atoms with van der Waals surface area (Å²) >= 11 is 0. The van der Waals surface area contributed by atoms with Gasteiger partial charge in [-0.2, -0.15) is 0 Å². The van der Waals surface area contributed by atoms with Gasteiger partial charge in [-0.15, -0.1) is 0 Å². The minimum atomic E-state index is -3.04. The van der Waals surface area contributed by atoms with Gasteiger partial charge in [-0.3, -0.25) is 9.78 Å². The van der Waals surface area contributed by atoms with Gasteiger partial charge < -0.3 is 4.90 Å². The van der Waals surface area contributed by atoms with Crippen molar-refractivity contribution >= 4 is 15.7 Å². The highest BCUT2D eigenvalue weighted by molar-refractivity contribution is 7.91. The van der Waals surface area contributed by atoms with E-state index in [0.29, 0.717) is 11.1 Å². The number of aromatic nitrogens is 1. The molecule has 1 aliphatic rings. The van der Waals surface area contributed by atoms with Gasteiger partial charge in [0.25, 0.3) is 5.91 Å². The van der Waals surface area contributed by atoms with E-state index in [2.05, 4.69) is 4.98 Å². The first-order chi connectivity index (χ1) is 11.0. The lowest BCUT2D eigenvalue weighted by atomic mass is 10.1. The highest BCUT2D eigenvalue weighted by Crippen LogP contribution is 2.22. The Morgan fingerprint density at radius 1 is 1.13 bits per heavy atom. The predicted octanol–water partition coefficient (Wildman–Crippen LogP) is 1.76. The summed E-state index contributed by atoms with van der Waals surface area (Å²) in [5.41, 5.74) is 1.09. The monoisotopic (exact) mass is 334 g/mol. The average Bonchev–Trinajstić information content (AvgIpc) is 2.55. The molecule has 0 unspecified atom stereocenters. The Morgan fingerprint density at radius 2 is 1.87 bits per heavy atom. The Kier molecular flexibility index (Phi) is 4.12.